The van der Waals surface area contributed by atoms with Crippen LogP contribution in [0, 0.1) is 5.82 Å². The Labute approximate surface area is 155 Å². The summed E-state index contributed by atoms with van der Waals surface area (Å²) in [5.74, 6) is 0.519. The highest BCUT2D eigenvalue weighted by molar-refractivity contribution is 5.80. The molecule has 0 bridgehead atoms. The van der Waals surface area contributed by atoms with Gasteiger partial charge in [0.1, 0.15) is 5.82 Å². The van der Waals surface area contributed by atoms with Crippen LogP contribution in [-0.2, 0) is 13.1 Å². The number of aliphatic imine (C=N–C) groups is 1. The Hall–Kier alpha value is -2.40. The second kappa shape index (κ2) is 8.81. The highest BCUT2D eigenvalue weighted by Gasteiger charge is 2.29. The second-order valence-electron chi connectivity index (χ2n) is 6.86. The molecule has 2 N–H and O–H groups in total. The molecule has 4 nitrogen and oxygen atoms in total. The van der Waals surface area contributed by atoms with E-state index >= 15 is 0 Å². The lowest BCUT2D eigenvalue weighted by Gasteiger charge is -2.21. The summed E-state index contributed by atoms with van der Waals surface area (Å²) in [6.45, 7) is 4.61. The number of benzene rings is 2. The molecular formula is C21H27FN4. The highest BCUT2D eigenvalue weighted by Crippen LogP contribution is 2.20. The zero-order valence-corrected chi connectivity index (χ0v) is 15.5. The molecule has 2 unspecified atom stereocenters. The fourth-order valence-electron chi connectivity index (χ4n) is 3.45. The van der Waals surface area contributed by atoms with E-state index in [0.29, 0.717) is 30.2 Å². The molecule has 2 aromatic carbocycles. The van der Waals surface area contributed by atoms with Crippen molar-refractivity contribution in [3.63, 3.8) is 0 Å². The van der Waals surface area contributed by atoms with E-state index in [1.54, 1.807) is 19.2 Å². The van der Waals surface area contributed by atoms with Crippen LogP contribution in [0.2, 0.25) is 0 Å². The first-order chi connectivity index (χ1) is 12.7. The third-order valence-corrected chi connectivity index (χ3v) is 4.90. The molecule has 0 aliphatic carbocycles. The van der Waals surface area contributed by atoms with Crippen LogP contribution in [-0.4, -0.2) is 36.5 Å². The van der Waals surface area contributed by atoms with E-state index in [4.69, 9.17) is 0 Å². The van der Waals surface area contributed by atoms with Crippen LogP contribution >= 0.6 is 0 Å². The number of nitrogens with zero attached hydrogens (tertiary/aromatic N) is 2. The van der Waals surface area contributed by atoms with Crippen LogP contribution in [0.4, 0.5) is 4.39 Å². The van der Waals surface area contributed by atoms with Crippen LogP contribution in [0.15, 0.2) is 59.6 Å². The molecule has 0 saturated carbocycles. The maximum absolute atomic E-state index is 13.8. The molecule has 1 saturated heterocycles. The van der Waals surface area contributed by atoms with E-state index in [9.17, 15) is 4.39 Å². The van der Waals surface area contributed by atoms with Crippen molar-refractivity contribution in [2.45, 2.75) is 38.5 Å². The predicted molar refractivity (Wildman–Crippen MR) is 104 cm³/mol. The molecule has 2 aromatic rings. The quantitative estimate of drug-likeness (QED) is 0.640. The topological polar surface area (TPSA) is 39.7 Å². The normalized spacial score (nSPS) is 21.0. The lowest BCUT2D eigenvalue weighted by atomic mass is 10.2. The van der Waals surface area contributed by atoms with Crippen molar-refractivity contribution in [2.24, 2.45) is 4.99 Å². The summed E-state index contributed by atoms with van der Waals surface area (Å²) in [7, 11) is 1.75. The number of hydrogen-bond donors (Lipinski definition) is 2. The first-order valence-electron chi connectivity index (χ1n) is 9.14. The lowest BCUT2D eigenvalue weighted by molar-refractivity contribution is 0.258. The number of likely N-dealkylation sites (tertiary alicyclic amines) is 1. The Bertz CT molecular complexity index is 732. The van der Waals surface area contributed by atoms with Gasteiger partial charge in [0.2, 0.25) is 0 Å². The average Bonchev–Trinajstić information content (AvgIpc) is 2.99. The van der Waals surface area contributed by atoms with Crippen LogP contribution in [0.3, 0.4) is 0 Å². The zero-order valence-electron chi connectivity index (χ0n) is 15.5. The molecule has 26 heavy (non-hydrogen) atoms. The largest absolute Gasteiger partial charge is 0.352 e. The van der Waals surface area contributed by atoms with E-state index in [1.165, 1.54) is 11.6 Å². The van der Waals surface area contributed by atoms with Gasteiger partial charge in [-0.3, -0.25) is 9.89 Å². The van der Waals surface area contributed by atoms with E-state index in [1.807, 2.05) is 12.1 Å². The molecule has 5 heteroatoms. The molecule has 1 aliphatic heterocycles. The lowest BCUT2D eigenvalue weighted by Crippen LogP contribution is -2.44. The first kappa shape index (κ1) is 18.4. The molecule has 0 amide bonds. The average molecular weight is 354 g/mol. The van der Waals surface area contributed by atoms with Crippen molar-refractivity contribution < 1.29 is 4.39 Å². The molecule has 3 rings (SSSR count). The Morgan fingerprint density at radius 1 is 1.15 bits per heavy atom. The van der Waals surface area contributed by atoms with Gasteiger partial charge in [0.25, 0.3) is 0 Å². The summed E-state index contributed by atoms with van der Waals surface area (Å²) in [6, 6.07) is 18.2. The molecule has 1 heterocycles. The minimum Gasteiger partial charge on any atom is -0.352 e. The van der Waals surface area contributed by atoms with Gasteiger partial charge in [-0.25, -0.2) is 4.39 Å². The number of halogens is 1. The highest BCUT2D eigenvalue weighted by atomic mass is 19.1. The van der Waals surface area contributed by atoms with Gasteiger partial charge in [-0.1, -0.05) is 48.5 Å². The number of nitrogens with one attached hydrogen (secondary N) is 2. The number of hydrogen-bond acceptors (Lipinski definition) is 2. The number of rotatable bonds is 5. The maximum atomic E-state index is 13.8. The van der Waals surface area contributed by atoms with Gasteiger partial charge in [-0.05, 0) is 25.0 Å². The summed E-state index contributed by atoms with van der Waals surface area (Å²) < 4.78 is 13.8. The maximum Gasteiger partial charge on any atom is 0.191 e. The van der Waals surface area contributed by atoms with E-state index in [2.05, 4.69) is 51.7 Å². The summed E-state index contributed by atoms with van der Waals surface area (Å²) in [5, 5.41) is 6.69. The molecule has 1 fully saturated rings. The van der Waals surface area contributed by atoms with E-state index < -0.39 is 0 Å². The molecule has 0 radical (unpaired) electrons. The first-order valence-corrected chi connectivity index (χ1v) is 9.14. The zero-order chi connectivity index (χ0) is 18.4. The van der Waals surface area contributed by atoms with Crippen LogP contribution < -0.4 is 10.6 Å². The summed E-state index contributed by atoms with van der Waals surface area (Å²) in [4.78, 5) is 6.77. The van der Waals surface area contributed by atoms with Gasteiger partial charge in [0.15, 0.2) is 5.96 Å². The second-order valence-corrected chi connectivity index (χ2v) is 6.86. The van der Waals surface area contributed by atoms with E-state index in [-0.39, 0.29) is 5.82 Å². The van der Waals surface area contributed by atoms with Gasteiger partial charge < -0.3 is 10.6 Å². The minimum absolute atomic E-state index is 0.195. The van der Waals surface area contributed by atoms with Gasteiger partial charge in [-0.15, -0.1) is 0 Å². The SMILES string of the molecule is CN=C(NCc1ccccc1F)NC1CC(C)N(Cc2ccccc2)C1. The molecule has 1 aliphatic rings. The summed E-state index contributed by atoms with van der Waals surface area (Å²) in [5.41, 5.74) is 1.98. The van der Waals surface area contributed by atoms with Crippen molar-refractivity contribution in [3.8, 4) is 0 Å². The van der Waals surface area contributed by atoms with Crippen LogP contribution in [0.5, 0.6) is 0 Å². The fraction of sp³-hybridized carbons (Fsp3) is 0.381. The molecule has 2 atom stereocenters. The molecule has 0 aromatic heterocycles. The van der Waals surface area contributed by atoms with Gasteiger partial charge >= 0.3 is 0 Å². The van der Waals surface area contributed by atoms with E-state index in [0.717, 1.165) is 19.5 Å². The van der Waals surface area contributed by atoms with Crippen LogP contribution in [0.25, 0.3) is 0 Å². The Morgan fingerprint density at radius 3 is 2.62 bits per heavy atom. The molecule has 0 spiro atoms. The predicted octanol–water partition coefficient (Wildman–Crippen LogP) is 3.15. The van der Waals surface area contributed by atoms with Crippen molar-refractivity contribution in [3.05, 3.63) is 71.5 Å². The monoisotopic (exact) mass is 354 g/mol. The summed E-state index contributed by atoms with van der Waals surface area (Å²) in [6.07, 6.45) is 1.06. The minimum atomic E-state index is -0.195. The van der Waals surface area contributed by atoms with Gasteiger partial charge in [-0.2, -0.15) is 0 Å². The van der Waals surface area contributed by atoms with Crippen molar-refractivity contribution >= 4 is 5.96 Å². The molecule has 138 valence electrons. The Balaban J connectivity index is 1.52. The Kier molecular flexibility index (Phi) is 6.23. The van der Waals surface area contributed by atoms with Crippen molar-refractivity contribution in [2.75, 3.05) is 13.6 Å². The fourth-order valence-corrected chi connectivity index (χ4v) is 3.45. The van der Waals surface area contributed by atoms with Crippen molar-refractivity contribution in [1.29, 1.82) is 0 Å². The third-order valence-electron chi connectivity index (χ3n) is 4.90. The van der Waals surface area contributed by atoms with Crippen LogP contribution in [0.1, 0.15) is 24.5 Å². The Morgan fingerprint density at radius 2 is 1.88 bits per heavy atom. The molecular weight excluding hydrogens is 327 g/mol. The van der Waals surface area contributed by atoms with Gasteiger partial charge in [0.05, 0.1) is 0 Å². The summed E-state index contributed by atoms with van der Waals surface area (Å²) >= 11 is 0. The van der Waals surface area contributed by atoms with Crippen molar-refractivity contribution in [1.82, 2.24) is 15.5 Å². The smallest absolute Gasteiger partial charge is 0.191 e. The van der Waals surface area contributed by atoms with Gasteiger partial charge in [0, 0.05) is 44.3 Å². The third kappa shape index (κ3) is 4.82. The number of guanidine groups is 1. The standard InChI is InChI=1S/C21H27FN4/c1-16-12-19(15-26(16)14-17-8-4-3-5-9-17)25-21(23-2)24-13-18-10-6-7-11-20(18)22/h3-11,16,19H,12-15H2,1-2H3,(H2,23,24,25).